The average Bonchev–Trinajstić information content (AvgIpc) is 3.43. The third kappa shape index (κ3) is 4.76. The molecule has 156 valence electrons. The van der Waals surface area contributed by atoms with Crippen molar-refractivity contribution in [2.45, 2.75) is 25.3 Å². The Morgan fingerprint density at radius 1 is 1.17 bits per heavy atom. The van der Waals surface area contributed by atoms with E-state index in [2.05, 4.69) is 4.98 Å². The highest BCUT2D eigenvalue weighted by Gasteiger charge is 2.33. The van der Waals surface area contributed by atoms with Crippen LogP contribution in [-0.2, 0) is 11.2 Å². The summed E-state index contributed by atoms with van der Waals surface area (Å²) in [5.41, 5.74) is 1.09. The molecule has 2 aromatic carbocycles. The summed E-state index contributed by atoms with van der Waals surface area (Å²) in [5, 5.41) is 0.703. The van der Waals surface area contributed by atoms with E-state index in [1.54, 1.807) is 42.5 Å². The first-order valence-electron chi connectivity index (χ1n) is 9.88. The van der Waals surface area contributed by atoms with Gasteiger partial charge < -0.3 is 18.8 Å². The Morgan fingerprint density at radius 3 is 2.63 bits per heavy atom. The van der Waals surface area contributed by atoms with Crippen molar-refractivity contribution < 1.29 is 18.7 Å². The first kappa shape index (κ1) is 20.3. The maximum Gasteiger partial charge on any atom is 0.261 e. The van der Waals surface area contributed by atoms with Crippen LogP contribution in [0.5, 0.6) is 11.5 Å². The van der Waals surface area contributed by atoms with E-state index in [1.807, 2.05) is 24.3 Å². The van der Waals surface area contributed by atoms with E-state index in [-0.39, 0.29) is 18.6 Å². The number of hydrogen-bond acceptors (Lipinski definition) is 5. The van der Waals surface area contributed by atoms with Gasteiger partial charge in [-0.2, -0.15) is 0 Å². The second kappa shape index (κ2) is 9.22. The Hall–Kier alpha value is -2.99. The number of rotatable bonds is 7. The number of carbonyl (C=O) groups excluding carboxylic acids is 1. The lowest BCUT2D eigenvalue weighted by Gasteiger charge is -2.22. The van der Waals surface area contributed by atoms with E-state index >= 15 is 0 Å². The number of hydrogen-bond donors (Lipinski definition) is 0. The fraction of sp³-hybridized carbons (Fsp3) is 0.304. The van der Waals surface area contributed by atoms with Crippen LogP contribution in [0.25, 0.3) is 0 Å². The maximum atomic E-state index is 12.7. The minimum Gasteiger partial charge on any atom is -0.497 e. The lowest BCUT2D eigenvalue weighted by Crippen LogP contribution is -2.34. The molecule has 0 spiro atoms. The van der Waals surface area contributed by atoms with Crippen LogP contribution in [0.3, 0.4) is 0 Å². The molecule has 1 amide bonds. The van der Waals surface area contributed by atoms with E-state index in [4.69, 9.17) is 25.5 Å². The molecule has 30 heavy (non-hydrogen) atoms. The number of amides is 1. The molecule has 1 atom stereocenters. The predicted molar refractivity (Wildman–Crippen MR) is 113 cm³/mol. The molecule has 0 radical (unpaired) electrons. The van der Waals surface area contributed by atoms with E-state index in [1.165, 1.54) is 0 Å². The van der Waals surface area contributed by atoms with Gasteiger partial charge in [-0.3, -0.25) is 4.79 Å². The van der Waals surface area contributed by atoms with Crippen LogP contribution in [-0.4, -0.2) is 36.1 Å². The first-order chi connectivity index (χ1) is 14.6. The normalized spacial score (nSPS) is 15.9. The van der Waals surface area contributed by atoms with Crippen molar-refractivity contribution in [3.05, 3.63) is 77.0 Å². The standard InChI is InChI=1S/C23H23ClN2O4/c1-28-18-8-10-19(11-9-18)29-15-22(27)26-12-2-3-21(26)23-25-14-20(30-23)13-16-4-6-17(24)7-5-16/h4-11,14,21H,2-3,12-13,15H2,1H3. The second-order valence-corrected chi connectivity index (χ2v) is 7.61. The summed E-state index contributed by atoms with van der Waals surface area (Å²) in [6, 6.07) is 14.6. The van der Waals surface area contributed by atoms with E-state index in [9.17, 15) is 4.79 Å². The van der Waals surface area contributed by atoms with Crippen molar-refractivity contribution in [2.24, 2.45) is 0 Å². The quantitative estimate of drug-likeness (QED) is 0.549. The highest BCUT2D eigenvalue weighted by Crippen LogP contribution is 2.32. The van der Waals surface area contributed by atoms with Crippen LogP contribution in [0, 0.1) is 0 Å². The van der Waals surface area contributed by atoms with Crippen molar-refractivity contribution in [3.8, 4) is 11.5 Å². The Bertz CT molecular complexity index is 985. The fourth-order valence-electron chi connectivity index (χ4n) is 3.58. The highest BCUT2D eigenvalue weighted by atomic mass is 35.5. The Kier molecular flexibility index (Phi) is 6.23. The number of halogens is 1. The molecule has 0 aliphatic carbocycles. The van der Waals surface area contributed by atoms with Crippen LogP contribution in [0.15, 0.2) is 59.1 Å². The number of carbonyl (C=O) groups is 1. The van der Waals surface area contributed by atoms with Gasteiger partial charge in [0.15, 0.2) is 6.61 Å². The molecule has 1 unspecified atom stereocenters. The van der Waals surface area contributed by atoms with Gasteiger partial charge >= 0.3 is 0 Å². The predicted octanol–water partition coefficient (Wildman–Crippen LogP) is 4.67. The molecule has 7 heteroatoms. The van der Waals surface area contributed by atoms with Crippen molar-refractivity contribution in [2.75, 3.05) is 20.3 Å². The molecule has 6 nitrogen and oxygen atoms in total. The summed E-state index contributed by atoms with van der Waals surface area (Å²) < 4.78 is 16.8. The second-order valence-electron chi connectivity index (χ2n) is 7.18. The zero-order valence-corrected chi connectivity index (χ0v) is 17.5. The lowest BCUT2D eigenvalue weighted by molar-refractivity contribution is -0.134. The topological polar surface area (TPSA) is 64.8 Å². The summed E-state index contributed by atoms with van der Waals surface area (Å²) >= 11 is 5.94. The van der Waals surface area contributed by atoms with E-state index in [0.29, 0.717) is 29.6 Å². The Balaban J connectivity index is 1.37. The van der Waals surface area contributed by atoms with Gasteiger partial charge in [0, 0.05) is 18.0 Å². The molecule has 0 saturated carbocycles. The number of nitrogens with zero attached hydrogens (tertiary/aromatic N) is 2. The van der Waals surface area contributed by atoms with Gasteiger partial charge in [0.05, 0.1) is 13.3 Å². The monoisotopic (exact) mass is 426 g/mol. The van der Waals surface area contributed by atoms with Gasteiger partial charge in [-0.25, -0.2) is 4.98 Å². The van der Waals surface area contributed by atoms with Crippen LogP contribution in [0.4, 0.5) is 0 Å². The van der Waals surface area contributed by atoms with Crippen LogP contribution >= 0.6 is 11.6 Å². The summed E-state index contributed by atoms with van der Waals surface area (Å²) in [7, 11) is 1.61. The van der Waals surface area contributed by atoms with Gasteiger partial charge in [-0.1, -0.05) is 23.7 Å². The van der Waals surface area contributed by atoms with Crippen molar-refractivity contribution in [3.63, 3.8) is 0 Å². The van der Waals surface area contributed by atoms with Crippen molar-refractivity contribution in [1.29, 1.82) is 0 Å². The molecule has 1 aliphatic heterocycles. The summed E-state index contributed by atoms with van der Waals surface area (Å²) in [6.07, 6.45) is 4.10. The number of oxazole rings is 1. The molecule has 1 aliphatic rings. The zero-order valence-electron chi connectivity index (χ0n) is 16.7. The molecular formula is C23H23ClN2O4. The summed E-state index contributed by atoms with van der Waals surface area (Å²) in [6.45, 7) is 0.644. The zero-order chi connectivity index (χ0) is 20.9. The molecular weight excluding hydrogens is 404 g/mol. The van der Waals surface area contributed by atoms with Gasteiger partial charge in [-0.05, 0) is 54.8 Å². The molecule has 1 fully saturated rings. The fourth-order valence-corrected chi connectivity index (χ4v) is 3.71. The first-order valence-corrected chi connectivity index (χ1v) is 10.3. The number of benzene rings is 2. The molecule has 1 saturated heterocycles. The summed E-state index contributed by atoms with van der Waals surface area (Å²) in [4.78, 5) is 19.0. The smallest absolute Gasteiger partial charge is 0.261 e. The molecule has 0 bridgehead atoms. The molecule has 1 aromatic heterocycles. The van der Waals surface area contributed by atoms with Crippen molar-refractivity contribution in [1.82, 2.24) is 9.88 Å². The van der Waals surface area contributed by atoms with E-state index in [0.717, 1.165) is 29.9 Å². The molecule has 2 heterocycles. The minimum atomic E-state index is -0.157. The average molecular weight is 427 g/mol. The third-order valence-electron chi connectivity index (χ3n) is 5.14. The number of aromatic nitrogens is 1. The van der Waals surface area contributed by atoms with Crippen LogP contribution < -0.4 is 9.47 Å². The molecule has 4 rings (SSSR count). The van der Waals surface area contributed by atoms with Crippen LogP contribution in [0.2, 0.25) is 5.02 Å². The maximum absolute atomic E-state index is 12.7. The number of methoxy groups -OCH3 is 1. The SMILES string of the molecule is COc1ccc(OCC(=O)N2CCCC2c2ncc(Cc3ccc(Cl)cc3)o2)cc1. The highest BCUT2D eigenvalue weighted by molar-refractivity contribution is 6.30. The van der Waals surface area contributed by atoms with Gasteiger partial charge in [0.25, 0.3) is 5.91 Å². The van der Waals surface area contributed by atoms with Crippen LogP contribution in [0.1, 0.15) is 36.1 Å². The molecule has 0 N–H and O–H groups in total. The molecule has 3 aromatic rings. The van der Waals surface area contributed by atoms with E-state index < -0.39 is 0 Å². The number of likely N-dealkylation sites (tertiary alicyclic amines) is 1. The van der Waals surface area contributed by atoms with Gasteiger partial charge in [0.1, 0.15) is 23.3 Å². The van der Waals surface area contributed by atoms with Crippen molar-refractivity contribution >= 4 is 17.5 Å². The lowest BCUT2D eigenvalue weighted by atomic mass is 10.1. The summed E-state index contributed by atoms with van der Waals surface area (Å²) in [5.74, 6) is 2.63. The Labute approximate surface area is 180 Å². The minimum absolute atomic E-state index is 0.0266. The third-order valence-corrected chi connectivity index (χ3v) is 5.39. The Morgan fingerprint density at radius 2 is 1.90 bits per heavy atom. The largest absolute Gasteiger partial charge is 0.497 e. The van der Waals surface area contributed by atoms with Gasteiger partial charge in [-0.15, -0.1) is 0 Å². The van der Waals surface area contributed by atoms with Gasteiger partial charge in [0.2, 0.25) is 5.89 Å². The number of ether oxygens (including phenoxy) is 2.